The highest BCUT2D eigenvalue weighted by molar-refractivity contribution is 7.92. The lowest BCUT2D eigenvalue weighted by Crippen LogP contribution is -2.40. The minimum absolute atomic E-state index is 0.0200. The van der Waals surface area contributed by atoms with Crippen LogP contribution in [0.1, 0.15) is 19.4 Å². The number of hydrogen-bond acceptors (Lipinski definition) is 5. The molecule has 0 aliphatic rings. The molecule has 1 N–H and O–H groups in total. The number of methoxy groups -OCH3 is 1. The second-order valence-corrected chi connectivity index (χ2v) is 10.5. The first-order chi connectivity index (χ1) is 16.6. The van der Waals surface area contributed by atoms with Crippen molar-refractivity contribution in [3.05, 3.63) is 82.3 Å². The molecule has 7 nitrogen and oxygen atoms in total. The molecule has 0 bridgehead atoms. The van der Waals surface area contributed by atoms with Crippen LogP contribution in [-0.2, 0) is 21.4 Å². The minimum Gasteiger partial charge on any atom is -0.493 e. The summed E-state index contributed by atoms with van der Waals surface area (Å²) in [6, 6.07) is 17.6. The van der Waals surface area contributed by atoms with Gasteiger partial charge >= 0.3 is 0 Å². The van der Waals surface area contributed by atoms with Crippen LogP contribution in [0.3, 0.4) is 0 Å². The first-order valence-corrected chi connectivity index (χ1v) is 12.9. The molecule has 3 rings (SSSR count). The lowest BCUT2D eigenvalue weighted by Gasteiger charge is -2.24. The number of hydrogen-bond donors (Lipinski definition) is 1. The van der Waals surface area contributed by atoms with Crippen LogP contribution in [-0.4, -0.2) is 34.1 Å². The summed E-state index contributed by atoms with van der Waals surface area (Å²) in [4.78, 5) is 12.9. The molecule has 0 aliphatic heterocycles. The first-order valence-electron chi connectivity index (χ1n) is 10.7. The van der Waals surface area contributed by atoms with E-state index in [0.29, 0.717) is 11.5 Å². The molecule has 0 unspecified atom stereocenters. The van der Waals surface area contributed by atoms with Crippen molar-refractivity contribution in [2.24, 2.45) is 0 Å². The molecule has 0 aromatic heterocycles. The van der Waals surface area contributed by atoms with Gasteiger partial charge < -0.3 is 14.8 Å². The van der Waals surface area contributed by atoms with Crippen molar-refractivity contribution < 1.29 is 22.7 Å². The molecular formula is C25H26Cl2N2O5S. The molecule has 0 fully saturated rings. The van der Waals surface area contributed by atoms with E-state index in [9.17, 15) is 13.2 Å². The monoisotopic (exact) mass is 536 g/mol. The van der Waals surface area contributed by atoms with Crippen molar-refractivity contribution in [2.45, 2.75) is 31.4 Å². The summed E-state index contributed by atoms with van der Waals surface area (Å²) in [6.45, 7) is 3.53. The average molecular weight is 537 g/mol. The molecule has 0 atom stereocenters. The van der Waals surface area contributed by atoms with E-state index in [1.54, 1.807) is 36.4 Å². The minimum atomic E-state index is -4.06. The quantitative estimate of drug-likeness (QED) is 0.380. The van der Waals surface area contributed by atoms with Gasteiger partial charge in [0, 0.05) is 6.54 Å². The van der Waals surface area contributed by atoms with Crippen LogP contribution in [0.5, 0.6) is 11.5 Å². The fourth-order valence-corrected chi connectivity index (χ4v) is 4.96. The van der Waals surface area contributed by atoms with E-state index in [-0.39, 0.29) is 33.3 Å². The average Bonchev–Trinajstić information content (AvgIpc) is 2.83. The van der Waals surface area contributed by atoms with Crippen molar-refractivity contribution in [2.75, 3.05) is 18.0 Å². The summed E-state index contributed by atoms with van der Waals surface area (Å²) in [5.74, 6) is 0.629. The van der Waals surface area contributed by atoms with Crippen LogP contribution in [0.25, 0.3) is 0 Å². The largest absolute Gasteiger partial charge is 0.493 e. The maximum absolute atomic E-state index is 13.4. The second kappa shape index (κ2) is 11.7. The lowest BCUT2D eigenvalue weighted by molar-refractivity contribution is -0.119. The predicted molar refractivity (Wildman–Crippen MR) is 138 cm³/mol. The Morgan fingerprint density at radius 3 is 2.31 bits per heavy atom. The number of halogens is 2. The molecule has 3 aromatic carbocycles. The van der Waals surface area contributed by atoms with Gasteiger partial charge in [-0.25, -0.2) is 8.42 Å². The zero-order chi connectivity index (χ0) is 25.6. The number of carbonyl (C=O) groups excluding carboxylic acids is 1. The van der Waals surface area contributed by atoms with Gasteiger partial charge in [-0.15, -0.1) is 0 Å². The van der Waals surface area contributed by atoms with Gasteiger partial charge in [-0.1, -0.05) is 47.5 Å². The number of nitrogens with zero attached hydrogens (tertiary/aromatic N) is 1. The Morgan fingerprint density at radius 2 is 1.69 bits per heavy atom. The van der Waals surface area contributed by atoms with E-state index in [0.717, 1.165) is 9.87 Å². The number of ether oxygens (including phenoxy) is 2. The van der Waals surface area contributed by atoms with Crippen LogP contribution >= 0.6 is 23.2 Å². The fourth-order valence-electron chi connectivity index (χ4n) is 3.24. The first kappa shape index (κ1) is 26.7. The molecule has 0 radical (unpaired) electrons. The van der Waals surface area contributed by atoms with E-state index >= 15 is 0 Å². The Labute approximate surface area is 215 Å². The molecule has 10 heteroatoms. The van der Waals surface area contributed by atoms with Crippen molar-refractivity contribution in [1.29, 1.82) is 0 Å². The van der Waals surface area contributed by atoms with Gasteiger partial charge in [0.2, 0.25) is 5.91 Å². The molecular weight excluding hydrogens is 511 g/mol. The number of rotatable bonds is 10. The van der Waals surface area contributed by atoms with Gasteiger partial charge in [0.15, 0.2) is 11.5 Å². The summed E-state index contributed by atoms with van der Waals surface area (Å²) in [5.41, 5.74) is 0.980. The summed E-state index contributed by atoms with van der Waals surface area (Å²) in [5, 5.41) is 3.21. The molecule has 1 amide bonds. The molecule has 0 aliphatic carbocycles. The van der Waals surface area contributed by atoms with Crippen LogP contribution < -0.4 is 19.1 Å². The van der Waals surface area contributed by atoms with Crippen LogP contribution in [0, 0.1) is 0 Å². The normalized spacial score (nSPS) is 11.3. The molecule has 0 saturated carbocycles. The Balaban J connectivity index is 1.81. The Kier molecular flexibility index (Phi) is 8.88. The van der Waals surface area contributed by atoms with E-state index in [2.05, 4.69) is 5.32 Å². The number of benzene rings is 3. The predicted octanol–water partition coefficient (Wildman–Crippen LogP) is 5.30. The molecule has 0 spiro atoms. The van der Waals surface area contributed by atoms with Crippen LogP contribution in [0.4, 0.5) is 5.69 Å². The number of carbonyl (C=O) groups is 1. The zero-order valence-electron chi connectivity index (χ0n) is 19.5. The summed E-state index contributed by atoms with van der Waals surface area (Å²) in [6.07, 6.45) is -0.0200. The van der Waals surface area contributed by atoms with Gasteiger partial charge in [-0.05, 0) is 61.9 Å². The highest BCUT2D eigenvalue weighted by Crippen LogP contribution is 2.31. The van der Waals surface area contributed by atoms with Gasteiger partial charge in [0.25, 0.3) is 10.0 Å². The number of sulfonamides is 1. The third-order valence-electron chi connectivity index (χ3n) is 4.89. The third kappa shape index (κ3) is 6.81. The van der Waals surface area contributed by atoms with Gasteiger partial charge in [0.1, 0.15) is 6.54 Å². The Morgan fingerprint density at radius 1 is 0.971 bits per heavy atom. The molecule has 0 heterocycles. The number of anilines is 1. The standard InChI is InChI=1S/C25H26Cl2N2O5S/c1-17(2)34-23-12-9-18(13-24(23)33-3)15-28-25(30)16-29(19-10-11-21(26)22(27)14-19)35(31,32)20-7-5-4-6-8-20/h4-14,17H,15-16H2,1-3H3,(H,28,30). The zero-order valence-corrected chi connectivity index (χ0v) is 21.8. The van der Waals surface area contributed by atoms with E-state index in [4.69, 9.17) is 32.7 Å². The van der Waals surface area contributed by atoms with Gasteiger partial charge in [-0.3, -0.25) is 9.10 Å². The van der Waals surface area contributed by atoms with Crippen LogP contribution in [0.15, 0.2) is 71.6 Å². The topological polar surface area (TPSA) is 84.9 Å². The smallest absolute Gasteiger partial charge is 0.264 e. The van der Waals surface area contributed by atoms with Crippen molar-refractivity contribution in [3.63, 3.8) is 0 Å². The maximum Gasteiger partial charge on any atom is 0.264 e. The van der Waals surface area contributed by atoms with E-state index < -0.39 is 22.5 Å². The second-order valence-electron chi connectivity index (χ2n) is 7.85. The van der Waals surface area contributed by atoms with Crippen molar-refractivity contribution in [3.8, 4) is 11.5 Å². The Bertz CT molecular complexity index is 1280. The summed E-state index contributed by atoms with van der Waals surface area (Å²) >= 11 is 12.1. The molecule has 186 valence electrons. The summed E-state index contributed by atoms with van der Waals surface area (Å²) < 4.78 is 38.9. The number of nitrogens with one attached hydrogen (secondary N) is 1. The molecule has 35 heavy (non-hydrogen) atoms. The van der Waals surface area contributed by atoms with Gasteiger partial charge in [0.05, 0.1) is 33.8 Å². The number of amides is 1. The molecule has 0 saturated heterocycles. The SMILES string of the molecule is COc1cc(CNC(=O)CN(c2ccc(Cl)c(Cl)c2)S(=O)(=O)c2ccccc2)ccc1OC(C)C. The van der Waals surface area contributed by atoms with E-state index in [1.807, 2.05) is 13.8 Å². The van der Waals surface area contributed by atoms with Crippen LogP contribution in [0.2, 0.25) is 10.0 Å². The Hall–Kier alpha value is -2.94. The lowest BCUT2D eigenvalue weighted by atomic mass is 10.2. The molecule has 3 aromatic rings. The van der Waals surface area contributed by atoms with Crippen molar-refractivity contribution >= 4 is 44.8 Å². The highest BCUT2D eigenvalue weighted by Gasteiger charge is 2.27. The van der Waals surface area contributed by atoms with Crippen molar-refractivity contribution in [1.82, 2.24) is 5.32 Å². The third-order valence-corrected chi connectivity index (χ3v) is 7.42. The fraction of sp³-hybridized carbons (Fsp3) is 0.240. The summed E-state index contributed by atoms with van der Waals surface area (Å²) in [7, 11) is -2.52. The van der Waals surface area contributed by atoms with E-state index in [1.165, 1.54) is 37.4 Å². The maximum atomic E-state index is 13.4. The van der Waals surface area contributed by atoms with Gasteiger partial charge in [-0.2, -0.15) is 0 Å². The highest BCUT2D eigenvalue weighted by atomic mass is 35.5.